The average Bonchev–Trinajstić information content (AvgIpc) is 2.53. The second-order valence-electron chi connectivity index (χ2n) is 4.42. The summed E-state index contributed by atoms with van der Waals surface area (Å²) in [6, 6.07) is 17.0. The van der Waals surface area contributed by atoms with Gasteiger partial charge in [0.15, 0.2) is 0 Å². The van der Waals surface area contributed by atoms with Crippen molar-refractivity contribution in [3.63, 3.8) is 0 Å². The summed E-state index contributed by atoms with van der Waals surface area (Å²) in [6.45, 7) is 4.49. The van der Waals surface area contributed by atoms with E-state index < -0.39 is 0 Å². The second kappa shape index (κ2) is 7.75. The van der Waals surface area contributed by atoms with Crippen molar-refractivity contribution in [1.82, 2.24) is 5.32 Å². The molecule has 0 aliphatic carbocycles. The molecule has 0 saturated heterocycles. The molecule has 2 aromatic carbocycles. The molecule has 2 amide bonds. The normalized spacial score (nSPS) is 9.71. The molecule has 0 atom stereocenters. The number of anilines is 1. The fourth-order valence-electron chi connectivity index (χ4n) is 1.72. The van der Waals surface area contributed by atoms with Gasteiger partial charge in [0.1, 0.15) is 12.4 Å². The van der Waals surface area contributed by atoms with Gasteiger partial charge in [-0.3, -0.25) is 0 Å². The van der Waals surface area contributed by atoms with E-state index in [1.807, 2.05) is 42.5 Å². The summed E-state index contributed by atoms with van der Waals surface area (Å²) in [5, 5.41) is 5.37. The number of rotatable bonds is 6. The van der Waals surface area contributed by atoms with Crippen LogP contribution in [0.1, 0.15) is 5.56 Å². The molecule has 2 aromatic rings. The van der Waals surface area contributed by atoms with Crippen molar-refractivity contribution in [3.05, 3.63) is 72.8 Å². The molecule has 0 spiro atoms. The molecule has 0 bridgehead atoms. The van der Waals surface area contributed by atoms with E-state index in [-0.39, 0.29) is 6.03 Å². The van der Waals surface area contributed by atoms with Gasteiger partial charge in [0.2, 0.25) is 0 Å². The van der Waals surface area contributed by atoms with Crippen LogP contribution in [0.15, 0.2) is 67.3 Å². The Hall–Kier alpha value is -2.75. The van der Waals surface area contributed by atoms with Crippen LogP contribution in [-0.4, -0.2) is 12.6 Å². The summed E-state index contributed by atoms with van der Waals surface area (Å²) < 4.78 is 5.68. The minimum atomic E-state index is -0.257. The molecule has 0 heterocycles. The summed E-state index contributed by atoms with van der Waals surface area (Å²) in [7, 11) is 0. The Morgan fingerprint density at radius 2 is 1.81 bits per heavy atom. The Morgan fingerprint density at radius 3 is 2.48 bits per heavy atom. The summed E-state index contributed by atoms with van der Waals surface area (Å²) in [5.74, 6) is 0.760. The maximum Gasteiger partial charge on any atom is 0.319 e. The topological polar surface area (TPSA) is 50.4 Å². The molecule has 2 N–H and O–H groups in total. The molecule has 0 aromatic heterocycles. The van der Waals surface area contributed by atoms with E-state index in [9.17, 15) is 4.79 Å². The minimum Gasteiger partial charge on any atom is -0.489 e. The van der Waals surface area contributed by atoms with Crippen LogP contribution in [0.25, 0.3) is 0 Å². The largest absolute Gasteiger partial charge is 0.489 e. The van der Waals surface area contributed by atoms with Crippen molar-refractivity contribution in [2.75, 3.05) is 11.9 Å². The van der Waals surface area contributed by atoms with E-state index in [1.54, 1.807) is 18.2 Å². The van der Waals surface area contributed by atoms with Gasteiger partial charge in [0.05, 0.1) is 0 Å². The van der Waals surface area contributed by atoms with Crippen LogP contribution in [0.3, 0.4) is 0 Å². The van der Waals surface area contributed by atoms with Crippen LogP contribution in [0, 0.1) is 0 Å². The molecule has 0 unspecified atom stereocenters. The summed E-state index contributed by atoms with van der Waals surface area (Å²) >= 11 is 0. The van der Waals surface area contributed by atoms with Gasteiger partial charge < -0.3 is 15.4 Å². The molecule has 4 heteroatoms. The first-order valence-electron chi connectivity index (χ1n) is 6.70. The molecule has 0 fully saturated rings. The standard InChI is InChI=1S/C17H18N2O2/c1-2-12-18-17(20)19-15-8-10-16(11-9-15)21-13-14-6-4-3-5-7-14/h2-11H,1,12-13H2,(H2,18,19,20). The van der Waals surface area contributed by atoms with Crippen molar-refractivity contribution >= 4 is 11.7 Å². The number of carbonyl (C=O) groups excluding carboxylic acids is 1. The molecular weight excluding hydrogens is 264 g/mol. The van der Waals surface area contributed by atoms with E-state index in [0.29, 0.717) is 18.8 Å². The molecule has 4 nitrogen and oxygen atoms in total. The molecular formula is C17H18N2O2. The van der Waals surface area contributed by atoms with Gasteiger partial charge in [-0.1, -0.05) is 36.4 Å². The Labute approximate surface area is 124 Å². The zero-order valence-corrected chi connectivity index (χ0v) is 11.7. The number of carbonyl (C=O) groups is 1. The zero-order valence-electron chi connectivity index (χ0n) is 11.7. The first-order valence-corrected chi connectivity index (χ1v) is 6.70. The van der Waals surface area contributed by atoms with Crippen molar-refractivity contribution < 1.29 is 9.53 Å². The monoisotopic (exact) mass is 282 g/mol. The predicted molar refractivity (Wildman–Crippen MR) is 84.4 cm³/mol. The van der Waals surface area contributed by atoms with Crippen LogP contribution in [0.4, 0.5) is 10.5 Å². The fraction of sp³-hybridized carbons (Fsp3) is 0.118. The van der Waals surface area contributed by atoms with E-state index in [2.05, 4.69) is 17.2 Å². The summed E-state index contributed by atoms with van der Waals surface area (Å²) in [5.41, 5.74) is 1.83. The molecule has 2 rings (SSSR count). The fourth-order valence-corrected chi connectivity index (χ4v) is 1.72. The van der Waals surface area contributed by atoms with Gasteiger partial charge in [-0.05, 0) is 29.8 Å². The quantitative estimate of drug-likeness (QED) is 0.796. The number of hydrogen-bond donors (Lipinski definition) is 2. The predicted octanol–water partition coefficient (Wildman–Crippen LogP) is 3.57. The van der Waals surface area contributed by atoms with Gasteiger partial charge in [-0.25, -0.2) is 4.79 Å². The Balaban J connectivity index is 1.84. The lowest BCUT2D eigenvalue weighted by molar-refractivity contribution is 0.253. The molecule has 0 saturated carbocycles. The number of amides is 2. The Kier molecular flexibility index (Phi) is 5.41. The van der Waals surface area contributed by atoms with Crippen molar-refractivity contribution in [2.24, 2.45) is 0 Å². The van der Waals surface area contributed by atoms with Crippen molar-refractivity contribution in [1.29, 1.82) is 0 Å². The Bertz CT molecular complexity index is 579. The number of hydrogen-bond acceptors (Lipinski definition) is 2. The summed E-state index contributed by atoms with van der Waals surface area (Å²) in [4.78, 5) is 11.5. The maximum absolute atomic E-state index is 11.5. The number of urea groups is 1. The Morgan fingerprint density at radius 1 is 1.10 bits per heavy atom. The highest BCUT2D eigenvalue weighted by molar-refractivity contribution is 5.89. The first-order chi connectivity index (χ1) is 10.3. The number of ether oxygens (including phenoxy) is 1. The number of benzene rings is 2. The van der Waals surface area contributed by atoms with Gasteiger partial charge >= 0.3 is 6.03 Å². The van der Waals surface area contributed by atoms with Gasteiger partial charge in [-0.15, -0.1) is 6.58 Å². The van der Waals surface area contributed by atoms with Crippen LogP contribution >= 0.6 is 0 Å². The molecule has 108 valence electrons. The van der Waals surface area contributed by atoms with Gasteiger partial charge in [0.25, 0.3) is 0 Å². The third kappa shape index (κ3) is 5.03. The van der Waals surface area contributed by atoms with Crippen LogP contribution in [0.5, 0.6) is 5.75 Å². The average molecular weight is 282 g/mol. The lowest BCUT2D eigenvalue weighted by Gasteiger charge is -2.08. The first kappa shape index (κ1) is 14.7. The highest BCUT2D eigenvalue weighted by Crippen LogP contribution is 2.17. The van der Waals surface area contributed by atoms with E-state index >= 15 is 0 Å². The molecule has 0 radical (unpaired) electrons. The SMILES string of the molecule is C=CCNC(=O)Nc1ccc(OCc2ccccc2)cc1. The van der Waals surface area contributed by atoms with Crippen LogP contribution in [-0.2, 0) is 6.61 Å². The van der Waals surface area contributed by atoms with E-state index in [1.165, 1.54) is 0 Å². The third-order valence-electron chi connectivity index (χ3n) is 2.77. The van der Waals surface area contributed by atoms with Gasteiger partial charge in [-0.2, -0.15) is 0 Å². The third-order valence-corrected chi connectivity index (χ3v) is 2.77. The van der Waals surface area contributed by atoms with Crippen molar-refractivity contribution in [3.8, 4) is 5.75 Å². The summed E-state index contributed by atoms with van der Waals surface area (Å²) in [6.07, 6.45) is 1.63. The zero-order chi connectivity index (χ0) is 14.9. The van der Waals surface area contributed by atoms with Crippen molar-refractivity contribution in [2.45, 2.75) is 6.61 Å². The lowest BCUT2D eigenvalue weighted by atomic mass is 10.2. The van der Waals surface area contributed by atoms with Crippen LogP contribution < -0.4 is 15.4 Å². The van der Waals surface area contributed by atoms with Gasteiger partial charge in [0, 0.05) is 12.2 Å². The van der Waals surface area contributed by atoms with E-state index in [4.69, 9.17) is 4.74 Å². The molecule has 0 aliphatic rings. The molecule has 0 aliphatic heterocycles. The lowest BCUT2D eigenvalue weighted by Crippen LogP contribution is -2.28. The minimum absolute atomic E-state index is 0.257. The maximum atomic E-state index is 11.5. The van der Waals surface area contributed by atoms with E-state index in [0.717, 1.165) is 11.3 Å². The smallest absolute Gasteiger partial charge is 0.319 e. The highest BCUT2D eigenvalue weighted by atomic mass is 16.5. The molecule has 21 heavy (non-hydrogen) atoms. The second-order valence-corrected chi connectivity index (χ2v) is 4.42. The highest BCUT2D eigenvalue weighted by Gasteiger charge is 2.00. The number of nitrogens with one attached hydrogen (secondary N) is 2. The van der Waals surface area contributed by atoms with Crippen LogP contribution in [0.2, 0.25) is 0 Å².